The minimum atomic E-state index is -3.92. The molecule has 6 rings (SSSR count). The standard InChI is InChI=1S/C31H29ClF2N6O4S/c1-4-26(41)38-10-11-39(17(2)16-38)29-21-13-24(34)27(20-9-8-19(33)12-23(20)32)36-30(21)40(31(42)37-29)28-22(18-6-5-7-18)14-35-15-25(28)45(3,43)44/h4,8-9,12-15,17-18H,1,5-7,10-11,16H2,2-3H3/t17-/m0/s1. The van der Waals surface area contributed by atoms with E-state index in [2.05, 4.69) is 21.5 Å². The number of pyridine rings is 2. The number of anilines is 1. The van der Waals surface area contributed by atoms with Crippen molar-refractivity contribution in [2.75, 3.05) is 30.8 Å². The van der Waals surface area contributed by atoms with Gasteiger partial charge in [0.15, 0.2) is 15.5 Å². The highest BCUT2D eigenvalue weighted by Gasteiger charge is 2.33. The van der Waals surface area contributed by atoms with Crippen LogP contribution >= 0.6 is 11.6 Å². The Morgan fingerprint density at radius 2 is 1.89 bits per heavy atom. The first-order valence-electron chi connectivity index (χ1n) is 14.3. The number of fused-ring (bicyclic) bond motifs is 1. The van der Waals surface area contributed by atoms with Crippen LogP contribution in [0.3, 0.4) is 0 Å². The third kappa shape index (κ3) is 5.48. The first kappa shape index (κ1) is 30.8. The van der Waals surface area contributed by atoms with E-state index in [1.165, 1.54) is 24.4 Å². The van der Waals surface area contributed by atoms with Crippen molar-refractivity contribution in [3.05, 3.63) is 82.0 Å². The van der Waals surface area contributed by atoms with Crippen molar-refractivity contribution in [2.24, 2.45) is 0 Å². The lowest BCUT2D eigenvalue weighted by Crippen LogP contribution is -2.54. The number of carbonyl (C=O) groups is 1. The number of sulfone groups is 1. The molecule has 4 aromatic rings. The van der Waals surface area contributed by atoms with Crippen LogP contribution < -0.4 is 10.6 Å². The van der Waals surface area contributed by atoms with Crippen LogP contribution in [0.4, 0.5) is 14.6 Å². The number of hydrogen-bond acceptors (Lipinski definition) is 8. The van der Waals surface area contributed by atoms with E-state index in [0.717, 1.165) is 42.2 Å². The van der Waals surface area contributed by atoms with E-state index < -0.39 is 27.2 Å². The lowest BCUT2D eigenvalue weighted by Gasteiger charge is -2.40. The molecule has 45 heavy (non-hydrogen) atoms. The monoisotopic (exact) mass is 654 g/mol. The summed E-state index contributed by atoms with van der Waals surface area (Å²) in [5, 5.41) is 0.0386. The van der Waals surface area contributed by atoms with Gasteiger partial charge in [-0.05, 0) is 61.6 Å². The van der Waals surface area contributed by atoms with Crippen molar-refractivity contribution >= 4 is 44.2 Å². The minimum Gasteiger partial charge on any atom is -0.350 e. The summed E-state index contributed by atoms with van der Waals surface area (Å²) >= 11 is 6.31. The fraction of sp³-hybridized carbons (Fsp3) is 0.323. The molecule has 0 N–H and O–H groups in total. The van der Waals surface area contributed by atoms with Gasteiger partial charge in [0.25, 0.3) is 0 Å². The Morgan fingerprint density at radius 3 is 2.51 bits per heavy atom. The molecule has 234 valence electrons. The van der Waals surface area contributed by atoms with Gasteiger partial charge < -0.3 is 9.80 Å². The first-order valence-corrected chi connectivity index (χ1v) is 16.6. The molecular formula is C31H29ClF2N6O4S. The predicted molar refractivity (Wildman–Crippen MR) is 167 cm³/mol. The normalized spacial score (nSPS) is 17.4. The van der Waals surface area contributed by atoms with Crippen LogP contribution in [0.15, 0.2) is 59.0 Å². The molecule has 0 unspecified atom stereocenters. The highest BCUT2D eigenvalue weighted by atomic mass is 35.5. The van der Waals surface area contributed by atoms with Crippen molar-refractivity contribution in [1.29, 1.82) is 0 Å². The average Bonchev–Trinajstić information content (AvgIpc) is 2.95. The van der Waals surface area contributed by atoms with Crippen molar-refractivity contribution in [3.63, 3.8) is 0 Å². The molecule has 1 amide bonds. The highest BCUT2D eigenvalue weighted by Crippen LogP contribution is 2.42. The van der Waals surface area contributed by atoms with E-state index in [0.29, 0.717) is 18.7 Å². The number of nitrogens with zero attached hydrogens (tertiary/aromatic N) is 6. The number of amides is 1. The van der Waals surface area contributed by atoms with Crippen LogP contribution in [0.25, 0.3) is 28.0 Å². The summed E-state index contributed by atoms with van der Waals surface area (Å²) in [6, 6.07) is 4.27. The molecule has 14 heteroatoms. The molecule has 0 bridgehead atoms. The summed E-state index contributed by atoms with van der Waals surface area (Å²) in [5.74, 6) is -1.60. The van der Waals surface area contributed by atoms with E-state index in [-0.39, 0.29) is 68.1 Å². The molecule has 3 aromatic heterocycles. The largest absolute Gasteiger partial charge is 0.355 e. The molecular weight excluding hydrogens is 626 g/mol. The maximum Gasteiger partial charge on any atom is 0.355 e. The zero-order valence-electron chi connectivity index (χ0n) is 24.5. The Balaban J connectivity index is 1.67. The summed E-state index contributed by atoms with van der Waals surface area (Å²) < 4.78 is 57.2. The van der Waals surface area contributed by atoms with E-state index in [9.17, 15) is 22.4 Å². The minimum absolute atomic E-state index is 0.0576. The molecule has 1 aromatic carbocycles. The molecule has 1 atom stereocenters. The number of aromatic nitrogens is 4. The Bertz CT molecular complexity index is 2050. The molecule has 1 saturated heterocycles. The smallest absolute Gasteiger partial charge is 0.350 e. The summed E-state index contributed by atoms with van der Waals surface area (Å²) in [5.41, 5.74) is -0.462. The van der Waals surface area contributed by atoms with Crippen LogP contribution in [0, 0.1) is 11.6 Å². The van der Waals surface area contributed by atoms with E-state index in [4.69, 9.17) is 11.6 Å². The van der Waals surface area contributed by atoms with Gasteiger partial charge in [-0.1, -0.05) is 24.6 Å². The third-order valence-electron chi connectivity index (χ3n) is 8.45. The van der Waals surface area contributed by atoms with Crippen molar-refractivity contribution in [1.82, 2.24) is 24.4 Å². The van der Waals surface area contributed by atoms with Gasteiger partial charge >= 0.3 is 5.69 Å². The maximum atomic E-state index is 16.0. The Labute approximate surface area is 262 Å². The predicted octanol–water partition coefficient (Wildman–Crippen LogP) is 4.67. The van der Waals surface area contributed by atoms with Gasteiger partial charge in [-0.15, -0.1) is 0 Å². The number of piperazine rings is 1. The fourth-order valence-electron chi connectivity index (χ4n) is 5.98. The van der Waals surface area contributed by atoms with Crippen molar-refractivity contribution < 1.29 is 22.0 Å². The summed E-state index contributed by atoms with van der Waals surface area (Å²) in [6.07, 6.45) is 7.43. The van der Waals surface area contributed by atoms with Gasteiger partial charge in [-0.3, -0.25) is 9.78 Å². The Morgan fingerprint density at radius 1 is 1.13 bits per heavy atom. The summed E-state index contributed by atoms with van der Waals surface area (Å²) in [6.45, 7) is 6.26. The number of benzene rings is 1. The third-order valence-corrected chi connectivity index (χ3v) is 9.86. The van der Waals surface area contributed by atoms with Crippen LogP contribution in [-0.2, 0) is 14.6 Å². The summed E-state index contributed by atoms with van der Waals surface area (Å²) in [4.78, 5) is 42.8. The van der Waals surface area contributed by atoms with Gasteiger partial charge in [0.2, 0.25) is 5.91 Å². The van der Waals surface area contributed by atoms with Crippen molar-refractivity contribution in [2.45, 2.75) is 43.0 Å². The lowest BCUT2D eigenvalue weighted by atomic mass is 9.80. The van der Waals surface area contributed by atoms with Gasteiger partial charge in [0.1, 0.15) is 28.0 Å². The number of hydrogen-bond donors (Lipinski definition) is 0. The van der Waals surface area contributed by atoms with E-state index in [1.807, 2.05) is 6.92 Å². The maximum absolute atomic E-state index is 16.0. The molecule has 1 aliphatic heterocycles. The topological polar surface area (TPSA) is 118 Å². The molecule has 0 spiro atoms. The molecule has 2 fully saturated rings. The van der Waals surface area contributed by atoms with Gasteiger partial charge in [-0.2, -0.15) is 4.98 Å². The van der Waals surface area contributed by atoms with E-state index >= 15 is 4.39 Å². The zero-order valence-corrected chi connectivity index (χ0v) is 26.1. The number of carbonyl (C=O) groups excluding carboxylic acids is 1. The Hall–Kier alpha value is -4.23. The number of halogens is 3. The fourth-order valence-corrected chi connectivity index (χ4v) is 7.05. The second-order valence-electron chi connectivity index (χ2n) is 11.4. The van der Waals surface area contributed by atoms with Gasteiger partial charge in [-0.25, -0.2) is 31.5 Å². The second kappa shape index (κ2) is 11.6. The van der Waals surface area contributed by atoms with Gasteiger partial charge in [0, 0.05) is 49.9 Å². The second-order valence-corrected chi connectivity index (χ2v) is 13.8. The first-order chi connectivity index (χ1) is 21.4. The molecule has 0 radical (unpaired) electrons. The summed E-state index contributed by atoms with van der Waals surface area (Å²) in [7, 11) is -3.92. The quantitative estimate of drug-likeness (QED) is 0.276. The lowest BCUT2D eigenvalue weighted by molar-refractivity contribution is -0.126. The van der Waals surface area contributed by atoms with Crippen LogP contribution in [0.1, 0.15) is 37.7 Å². The zero-order chi connectivity index (χ0) is 32.2. The van der Waals surface area contributed by atoms with Crippen LogP contribution in [0.5, 0.6) is 0 Å². The molecule has 1 saturated carbocycles. The molecule has 10 nitrogen and oxygen atoms in total. The SMILES string of the molecule is C=CC(=O)N1CCN(c2nc(=O)n(-c3c(C4CCC4)cncc3S(C)(=O)=O)c3nc(-c4ccc(F)cc4Cl)c(F)cc23)[C@@H](C)C1. The highest BCUT2D eigenvalue weighted by molar-refractivity contribution is 7.90. The molecule has 4 heterocycles. The van der Waals surface area contributed by atoms with Crippen LogP contribution in [0.2, 0.25) is 5.02 Å². The molecule has 1 aliphatic carbocycles. The molecule has 2 aliphatic rings. The van der Waals surface area contributed by atoms with E-state index in [1.54, 1.807) is 16.0 Å². The van der Waals surface area contributed by atoms with Gasteiger partial charge in [0.05, 0.1) is 16.1 Å². The average molecular weight is 655 g/mol. The Kier molecular flexibility index (Phi) is 7.94. The number of rotatable bonds is 6. The van der Waals surface area contributed by atoms with Crippen molar-refractivity contribution in [3.8, 4) is 16.9 Å². The van der Waals surface area contributed by atoms with Crippen LogP contribution in [-0.4, -0.2) is 70.7 Å².